The summed E-state index contributed by atoms with van der Waals surface area (Å²) >= 11 is 12.3. The number of anilines is 1. The molecule has 0 saturated carbocycles. The molecule has 0 aliphatic rings. The van der Waals surface area contributed by atoms with Gasteiger partial charge in [-0.05, 0) is 17.7 Å². The van der Waals surface area contributed by atoms with Gasteiger partial charge in [0.1, 0.15) is 11.5 Å². The number of nitrogens with one attached hydrogen (secondary N) is 1. The molecule has 0 fully saturated rings. The maximum atomic E-state index is 6.13. The van der Waals surface area contributed by atoms with Crippen LogP contribution in [0, 0.1) is 0 Å². The second-order valence-electron chi connectivity index (χ2n) is 4.13. The van der Waals surface area contributed by atoms with Crippen LogP contribution in [0.1, 0.15) is 5.56 Å². The Labute approximate surface area is 128 Å². The van der Waals surface area contributed by atoms with Crippen LogP contribution in [0.5, 0.6) is 11.5 Å². The van der Waals surface area contributed by atoms with Crippen molar-refractivity contribution in [3.05, 3.63) is 52.0 Å². The average molecular weight is 312 g/mol. The molecule has 0 aliphatic carbocycles. The maximum Gasteiger partial charge on any atom is 0.145 e. The molecule has 20 heavy (non-hydrogen) atoms. The van der Waals surface area contributed by atoms with Gasteiger partial charge in [0.05, 0.1) is 24.9 Å². The molecule has 0 amide bonds. The van der Waals surface area contributed by atoms with Gasteiger partial charge in [-0.25, -0.2) is 0 Å². The van der Waals surface area contributed by atoms with Crippen LogP contribution in [0.15, 0.2) is 36.4 Å². The molecule has 0 spiro atoms. The van der Waals surface area contributed by atoms with Crippen molar-refractivity contribution in [1.82, 2.24) is 0 Å². The molecule has 2 aromatic carbocycles. The van der Waals surface area contributed by atoms with Gasteiger partial charge in [0.15, 0.2) is 0 Å². The molecule has 2 rings (SSSR count). The van der Waals surface area contributed by atoms with E-state index in [1.54, 1.807) is 26.4 Å². The first-order valence-corrected chi connectivity index (χ1v) is 6.80. The molecule has 0 aliphatic heterocycles. The molecule has 2 aromatic rings. The topological polar surface area (TPSA) is 30.5 Å². The summed E-state index contributed by atoms with van der Waals surface area (Å²) in [7, 11) is 3.17. The summed E-state index contributed by atoms with van der Waals surface area (Å²) in [6, 6.07) is 11.2. The van der Waals surface area contributed by atoms with E-state index in [0.29, 0.717) is 23.1 Å². The number of hydrogen-bond acceptors (Lipinski definition) is 3. The molecule has 3 nitrogen and oxygen atoms in total. The number of benzene rings is 2. The fourth-order valence-corrected chi connectivity index (χ4v) is 2.27. The highest BCUT2D eigenvalue weighted by Crippen LogP contribution is 2.36. The predicted molar refractivity (Wildman–Crippen MR) is 83.3 cm³/mol. The van der Waals surface area contributed by atoms with E-state index in [9.17, 15) is 0 Å². The third-order valence-electron chi connectivity index (χ3n) is 2.90. The van der Waals surface area contributed by atoms with Crippen LogP contribution in [-0.4, -0.2) is 14.2 Å². The van der Waals surface area contributed by atoms with E-state index in [1.807, 2.05) is 24.3 Å². The second kappa shape index (κ2) is 6.73. The molecule has 0 saturated heterocycles. The number of ether oxygens (including phenoxy) is 2. The molecule has 0 bridgehead atoms. The zero-order valence-corrected chi connectivity index (χ0v) is 12.8. The average Bonchev–Trinajstić information content (AvgIpc) is 2.46. The van der Waals surface area contributed by atoms with E-state index in [2.05, 4.69) is 5.32 Å². The van der Waals surface area contributed by atoms with Crippen LogP contribution in [0.4, 0.5) is 5.69 Å². The van der Waals surface area contributed by atoms with Gasteiger partial charge in [-0.15, -0.1) is 0 Å². The van der Waals surface area contributed by atoms with Gasteiger partial charge in [0.2, 0.25) is 0 Å². The third kappa shape index (κ3) is 3.30. The van der Waals surface area contributed by atoms with Gasteiger partial charge in [0, 0.05) is 17.6 Å². The van der Waals surface area contributed by atoms with Crippen molar-refractivity contribution in [1.29, 1.82) is 0 Å². The van der Waals surface area contributed by atoms with Gasteiger partial charge in [-0.3, -0.25) is 0 Å². The Bertz CT molecular complexity index is 602. The van der Waals surface area contributed by atoms with Crippen molar-refractivity contribution in [2.75, 3.05) is 19.5 Å². The molecular weight excluding hydrogens is 297 g/mol. The van der Waals surface area contributed by atoms with E-state index in [0.717, 1.165) is 16.3 Å². The Hall–Kier alpha value is -1.58. The van der Waals surface area contributed by atoms with Crippen molar-refractivity contribution in [3.63, 3.8) is 0 Å². The van der Waals surface area contributed by atoms with Gasteiger partial charge in [-0.2, -0.15) is 0 Å². The van der Waals surface area contributed by atoms with Crippen LogP contribution >= 0.6 is 23.2 Å². The van der Waals surface area contributed by atoms with Crippen molar-refractivity contribution < 1.29 is 9.47 Å². The van der Waals surface area contributed by atoms with E-state index >= 15 is 0 Å². The second-order valence-corrected chi connectivity index (χ2v) is 4.95. The maximum absolute atomic E-state index is 6.13. The minimum Gasteiger partial charge on any atom is -0.495 e. The lowest BCUT2D eigenvalue weighted by Crippen LogP contribution is -2.02. The van der Waals surface area contributed by atoms with Gasteiger partial charge < -0.3 is 14.8 Å². The summed E-state index contributed by atoms with van der Waals surface area (Å²) in [6.07, 6.45) is 0. The molecule has 106 valence electrons. The molecule has 0 aromatic heterocycles. The molecule has 0 atom stereocenters. The lowest BCUT2D eigenvalue weighted by Gasteiger charge is -2.14. The first kappa shape index (κ1) is 14.8. The molecule has 0 heterocycles. The van der Waals surface area contributed by atoms with E-state index in [4.69, 9.17) is 32.7 Å². The molecule has 1 N–H and O–H groups in total. The number of halogens is 2. The summed E-state index contributed by atoms with van der Waals surface area (Å²) in [5.74, 6) is 1.24. The summed E-state index contributed by atoms with van der Waals surface area (Å²) in [5.41, 5.74) is 1.79. The molecule has 5 heteroatoms. The van der Waals surface area contributed by atoms with Crippen LogP contribution < -0.4 is 14.8 Å². The predicted octanol–water partition coefficient (Wildman–Crippen LogP) is 4.62. The Balaban J connectivity index is 2.21. The quantitative estimate of drug-likeness (QED) is 0.873. The monoisotopic (exact) mass is 311 g/mol. The summed E-state index contributed by atoms with van der Waals surface area (Å²) in [6.45, 7) is 0.582. The first-order chi connectivity index (χ1) is 9.65. The number of rotatable bonds is 5. The Morgan fingerprint density at radius 1 is 0.950 bits per heavy atom. The van der Waals surface area contributed by atoms with Crippen LogP contribution in [0.3, 0.4) is 0 Å². The highest BCUT2D eigenvalue weighted by atomic mass is 35.5. The van der Waals surface area contributed by atoms with Gasteiger partial charge in [-0.1, -0.05) is 41.4 Å². The molecule has 0 unspecified atom stereocenters. The Kier molecular flexibility index (Phi) is 4.99. The van der Waals surface area contributed by atoms with Gasteiger partial charge in [0.25, 0.3) is 0 Å². The lowest BCUT2D eigenvalue weighted by atomic mass is 10.2. The highest BCUT2D eigenvalue weighted by molar-refractivity contribution is 6.32. The minimum atomic E-state index is 0.523. The van der Waals surface area contributed by atoms with Crippen molar-refractivity contribution in [2.24, 2.45) is 0 Å². The van der Waals surface area contributed by atoms with Crippen LogP contribution in [0.25, 0.3) is 0 Å². The van der Waals surface area contributed by atoms with E-state index in [1.165, 1.54) is 0 Å². The standard InChI is InChI=1S/C15H15Cl2NO2/c1-19-14-8-15(20-2)13(7-12(14)17)18-9-10-5-3-4-6-11(10)16/h3-8,18H,9H2,1-2H3. The highest BCUT2D eigenvalue weighted by Gasteiger charge is 2.10. The first-order valence-electron chi connectivity index (χ1n) is 6.04. The van der Waals surface area contributed by atoms with Crippen LogP contribution in [0.2, 0.25) is 10.0 Å². The summed E-state index contributed by atoms with van der Waals surface area (Å²) < 4.78 is 10.5. The fraction of sp³-hybridized carbons (Fsp3) is 0.200. The van der Waals surface area contributed by atoms with Crippen molar-refractivity contribution in [2.45, 2.75) is 6.54 Å². The van der Waals surface area contributed by atoms with Crippen molar-refractivity contribution in [3.8, 4) is 11.5 Å². The normalized spacial score (nSPS) is 10.2. The number of hydrogen-bond donors (Lipinski definition) is 1. The Morgan fingerprint density at radius 3 is 2.30 bits per heavy atom. The third-order valence-corrected chi connectivity index (χ3v) is 3.57. The van der Waals surface area contributed by atoms with E-state index in [-0.39, 0.29) is 0 Å². The summed E-state index contributed by atoms with van der Waals surface area (Å²) in [5, 5.41) is 4.51. The largest absolute Gasteiger partial charge is 0.495 e. The Morgan fingerprint density at radius 2 is 1.65 bits per heavy atom. The van der Waals surface area contributed by atoms with Gasteiger partial charge >= 0.3 is 0 Å². The zero-order valence-electron chi connectivity index (χ0n) is 11.2. The fourth-order valence-electron chi connectivity index (χ4n) is 1.83. The SMILES string of the molecule is COc1cc(OC)c(NCc2ccccc2Cl)cc1Cl. The molecule has 0 radical (unpaired) electrons. The summed E-state index contributed by atoms with van der Waals surface area (Å²) in [4.78, 5) is 0. The molecular formula is C15H15Cl2NO2. The van der Waals surface area contributed by atoms with Crippen LogP contribution in [-0.2, 0) is 6.54 Å². The lowest BCUT2D eigenvalue weighted by molar-refractivity contribution is 0.395. The smallest absolute Gasteiger partial charge is 0.145 e. The zero-order chi connectivity index (χ0) is 14.5. The van der Waals surface area contributed by atoms with E-state index < -0.39 is 0 Å². The van der Waals surface area contributed by atoms with Crippen molar-refractivity contribution >= 4 is 28.9 Å². The minimum absolute atomic E-state index is 0.523. The number of methoxy groups -OCH3 is 2.